The number of nitrogens with two attached hydrogens (primary N) is 1. The zero-order valence-corrected chi connectivity index (χ0v) is 12.6. The summed E-state index contributed by atoms with van der Waals surface area (Å²) in [6.45, 7) is 1.91. The summed E-state index contributed by atoms with van der Waals surface area (Å²) in [7, 11) is 1.29. The fourth-order valence-corrected chi connectivity index (χ4v) is 3.51. The highest BCUT2D eigenvalue weighted by Gasteiger charge is 2.23. The molecule has 0 saturated carbocycles. The van der Waals surface area contributed by atoms with Crippen molar-refractivity contribution < 1.29 is 13.9 Å². The molecule has 0 aliphatic heterocycles. The number of nitrogen functional groups attached to an aromatic ring is 1. The van der Waals surface area contributed by atoms with Gasteiger partial charge in [0.1, 0.15) is 10.7 Å². The van der Waals surface area contributed by atoms with Crippen molar-refractivity contribution in [2.75, 3.05) is 12.8 Å². The Balaban J connectivity index is 2.68. The van der Waals surface area contributed by atoms with Gasteiger partial charge in [-0.2, -0.15) is 0 Å². The smallest absolute Gasteiger partial charge is 0.350 e. The normalized spacial score (nSPS) is 10.6. The molecule has 0 saturated heterocycles. The first-order valence-electron chi connectivity index (χ1n) is 5.95. The van der Waals surface area contributed by atoms with E-state index < -0.39 is 11.8 Å². The van der Waals surface area contributed by atoms with Crippen LogP contribution in [-0.2, 0) is 11.2 Å². The lowest BCUT2D eigenvalue weighted by atomic mass is 10.1. The summed E-state index contributed by atoms with van der Waals surface area (Å²) in [5.41, 5.74) is 7.68. The molecule has 106 valence electrons. The standard InChI is InChI=1S/C14H13ClFNO2S/c1-3-7-11(17)13(14(18)19-2)20-12(7)8-5-4-6-9(16)10(8)15/h4-6H,3,17H2,1-2H3. The highest BCUT2D eigenvalue weighted by Crippen LogP contribution is 2.42. The summed E-state index contributed by atoms with van der Waals surface area (Å²) >= 11 is 7.18. The molecule has 0 spiro atoms. The maximum absolute atomic E-state index is 13.6. The molecule has 3 nitrogen and oxygen atoms in total. The summed E-state index contributed by atoms with van der Waals surface area (Å²) in [6, 6.07) is 4.57. The Labute approximate surface area is 125 Å². The van der Waals surface area contributed by atoms with Crippen LogP contribution in [0.3, 0.4) is 0 Å². The molecule has 0 radical (unpaired) electrons. The topological polar surface area (TPSA) is 52.3 Å². The Kier molecular flexibility index (Phi) is 4.30. The van der Waals surface area contributed by atoms with Crippen LogP contribution in [0, 0.1) is 5.82 Å². The number of carbonyl (C=O) groups is 1. The molecule has 0 atom stereocenters. The van der Waals surface area contributed by atoms with Gasteiger partial charge in [0.25, 0.3) is 0 Å². The molecule has 0 amide bonds. The van der Waals surface area contributed by atoms with Gasteiger partial charge in [0, 0.05) is 10.4 Å². The SMILES string of the molecule is CCc1c(-c2cccc(F)c2Cl)sc(C(=O)OC)c1N. The Morgan fingerprint density at radius 2 is 2.20 bits per heavy atom. The maximum Gasteiger partial charge on any atom is 0.350 e. The van der Waals surface area contributed by atoms with Crippen molar-refractivity contribution >= 4 is 34.6 Å². The third-order valence-electron chi connectivity index (χ3n) is 2.97. The Hall–Kier alpha value is -1.59. The van der Waals surface area contributed by atoms with Crippen LogP contribution in [0.4, 0.5) is 10.1 Å². The van der Waals surface area contributed by atoms with Gasteiger partial charge in [-0.05, 0) is 18.1 Å². The van der Waals surface area contributed by atoms with Crippen LogP contribution in [0.2, 0.25) is 5.02 Å². The number of methoxy groups -OCH3 is 1. The summed E-state index contributed by atoms with van der Waals surface area (Å²) < 4.78 is 18.3. The average molecular weight is 314 g/mol. The molecule has 0 fully saturated rings. The molecule has 1 heterocycles. The number of esters is 1. The van der Waals surface area contributed by atoms with Crippen LogP contribution in [0.15, 0.2) is 18.2 Å². The summed E-state index contributed by atoms with van der Waals surface area (Å²) in [5.74, 6) is -1.00. The number of ether oxygens (including phenoxy) is 1. The van der Waals surface area contributed by atoms with Gasteiger partial charge in [0.15, 0.2) is 0 Å². The average Bonchev–Trinajstić information content (AvgIpc) is 2.77. The van der Waals surface area contributed by atoms with E-state index in [9.17, 15) is 9.18 Å². The number of anilines is 1. The van der Waals surface area contributed by atoms with Crippen LogP contribution in [0.5, 0.6) is 0 Å². The third-order valence-corrected chi connectivity index (χ3v) is 4.61. The van der Waals surface area contributed by atoms with Crippen molar-refractivity contribution in [3.05, 3.63) is 39.5 Å². The van der Waals surface area contributed by atoms with Gasteiger partial charge in [0.05, 0.1) is 17.8 Å². The lowest BCUT2D eigenvalue weighted by molar-refractivity contribution is 0.0607. The molecule has 1 aromatic heterocycles. The van der Waals surface area contributed by atoms with E-state index >= 15 is 0 Å². The predicted molar refractivity (Wildman–Crippen MR) is 79.9 cm³/mol. The zero-order chi connectivity index (χ0) is 14.9. The van der Waals surface area contributed by atoms with Crippen molar-refractivity contribution in [2.24, 2.45) is 0 Å². The van der Waals surface area contributed by atoms with Gasteiger partial charge in [0.2, 0.25) is 0 Å². The van der Waals surface area contributed by atoms with Crippen LogP contribution in [0.25, 0.3) is 10.4 Å². The fraction of sp³-hybridized carbons (Fsp3) is 0.214. The van der Waals surface area contributed by atoms with Crippen molar-refractivity contribution in [3.63, 3.8) is 0 Å². The minimum atomic E-state index is -0.502. The first kappa shape index (κ1) is 14.8. The van der Waals surface area contributed by atoms with E-state index in [4.69, 9.17) is 22.1 Å². The highest BCUT2D eigenvalue weighted by atomic mass is 35.5. The molecular formula is C14H13ClFNO2S. The van der Waals surface area contributed by atoms with Crippen LogP contribution in [-0.4, -0.2) is 13.1 Å². The van der Waals surface area contributed by atoms with E-state index in [0.717, 1.165) is 5.56 Å². The number of halogens is 2. The maximum atomic E-state index is 13.6. The number of hydrogen-bond acceptors (Lipinski definition) is 4. The molecule has 6 heteroatoms. The summed E-state index contributed by atoms with van der Waals surface area (Å²) in [6.07, 6.45) is 0.613. The predicted octanol–water partition coefficient (Wildman–Crippen LogP) is 4.14. The van der Waals surface area contributed by atoms with Gasteiger partial charge >= 0.3 is 5.97 Å². The van der Waals surface area contributed by atoms with Crippen molar-refractivity contribution in [3.8, 4) is 10.4 Å². The van der Waals surface area contributed by atoms with E-state index in [-0.39, 0.29) is 5.02 Å². The van der Waals surface area contributed by atoms with Crippen LogP contribution >= 0.6 is 22.9 Å². The number of thiophene rings is 1. The molecule has 2 aromatic rings. The van der Waals surface area contributed by atoms with Crippen molar-refractivity contribution in [1.29, 1.82) is 0 Å². The second kappa shape index (κ2) is 5.81. The molecule has 0 bridgehead atoms. The Morgan fingerprint density at radius 3 is 2.80 bits per heavy atom. The first-order valence-corrected chi connectivity index (χ1v) is 7.14. The summed E-state index contributed by atoms with van der Waals surface area (Å²) in [5, 5.41) is 0.0277. The minimum absolute atomic E-state index is 0.0277. The largest absolute Gasteiger partial charge is 0.465 e. The monoisotopic (exact) mass is 313 g/mol. The molecular weight excluding hydrogens is 301 g/mol. The zero-order valence-electron chi connectivity index (χ0n) is 11.0. The lowest BCUT2D eigenvalue weighted by Gasteiger charge is -2.05. The van der Waals surface area contributed by atoms with Gasteiger partial charge in [-0.15, -0.1) is 11.3 Å². The van der Waals surface area contributed by atoms with Gasteiger partial charge in [-0.1, -0.05) is 30.7 Å². The Morgan fingerprint density at radius 1 is 1.50 bits per heavy atom. The van der Waals surface area contributed by atoms with Gasteiger partial charge < -0.3 is 10.5 Å². The molecule has 0 aliphatic carbocycles. The van der Waals surface area contributed by atoms with E-state index in [1.165, 1.54) is 24.5 Å². The van der Waals surface area contributed by atoms with E-state index in [1.54, 1.807) is 12.1 Å². The number of rotatable bonds is 3. The molecule has 20 heavy (non-hydrogen) atoms. The molecule has 0 aliphatic rings. The van der Waals surface area contributed by atoms with Crippen LogP contribution < -0.4 is 5.73 Å². The number of benzene rings is 1. The lowest BCUT2D eigenvalue weighted by Crippen LogP contribution is -2.02. The second-order valence-corrected chi connectivity index (χ2v) is 5.50. The fourth-order valence-electron chi connectivity index (χ4n) is 1.97. The van der Waals surface area contributed by atoms with Gasteiger partial charge in [-0.3, -0.25) is 0 Å². The third kappa shape index (κ3) is 2.39. The minimum Gasteiger partial charge on any atom is -0.465 e. The van der Waals surface area contributed by atoms with E-state index in [2.05, 4.69) is 0 Å². The molecule has 1 aromatic carbocycles. The number of hydrogen-bond donors (Lipinski definition) is 1. The van der Waals surface area contributed by atoms with Crippen LogP contribution in [0.1, 0.15) is 22.2 Å². The van der Waals surface area contributed by atoms with E-state index in [1.807, 2.05) is 6.92 Å². The second-order valence-electron chi connectivity index (χ2n) is 4.10. The summed E-state index contributed by atoms with van der Waals surface area (Å²) in [4.78, 5) is 12.7. The Bertz CT molecular complexity index is 669. The van der Waals surface area contributed by atoms with Crippen molar-refractivity contribution in [2.45, 2.75) is 13.3 Å². The van der Waals surface area contributed by atoms with Crippen molar-refractivity contribution in [1.82, 2.24) is 0 Å². The number of carbonyl (C=O) groups excluding carboxylic acids is 1. The van der Waals surface area contributed by atoms with E-state index in [0.29, 0.717) is 27.4 Å². The molecule has 0 unspecified atom stereocenters. The molecule has 2 rings (SSSR count). The highest BCUT2D eigenvalue weighted by molar-refractivity contribution is 7.18. The quantitative estimate of drug-likeness (QED) is 0.866. The van der Waals surface area contributed by atoms with Gasteiger partial charge in [-0.25, -0.2) is 9.18 Å². The first-order chi connectivity index (χ1) is 9.51. The molecule has 2 N–H and O–H groups in total.